The molecule has 0 bridgehead atoms. The molecule has 2 aromatic rings. The molecule has 0 aromatic heterocycles. The van der Waals surface area contributed by atoms with E-state index < -0.39 is 18.0 Å². The summed E-state index contributed by atoms with van der Waals surface area (Å²) in [6, 6.07) is 11.6. The van der Waals surface area contributed by atoms with E-state index >= 15 is 0 Å². The topological polar surface area (TPSA) is 98.7 Å². The molecular formula is C21H24FN3O4. The minimum Gasteiger partial charge on any atom is -0.381 e. The van der Waals surface area contributed by atoms with Crippen molar-refractivity contribution in [1.29, 1.82) is 0 Å². The van der Waals surface area contributed by atoms with Crippen molar-refractivity contribution >= 4 is 23.8 Å². The molecule has 0 aliphatic carbocycles. The van der Waals surface area contributed by atoms with Gasteiger partial charge in [-0.1, -0.05) is 31.2 Å². The molecule has 154 valence electrons. The Morgan fingerprint density at radius 3 is 2.59 bits per heavy atom. The third kappa shape index (κ3) is 5.17. The van der Waals surface area contributed by atoms with Gasteiger partial charge in [0.25, 0.3) is 11.8 Å². The molecule has 7 nitrogen and oxygen atoms in total. The van der Waals surface area contributed by atoms with E-state index in [-0.39, 0.29) is 18.9 Å². The van der Waals surface area contributed by atoms with Gasteiger partial charge in [-0.3, -0.25) is 9.59 Å². The summed E-state index contributed by atoms with van der Waals surface area (Å²) in [5.41, 5.74) is 2.26. The van der Waals surface area contributed by atoms with Gasteiger partial charge in [-0.15, -0.1) is 0 Å². The number of nitrogens with one attached hydrogen (secondary N) is 2. The van der Waals surface area contributed by atoms with Crippen LogP contribution in [0.5, 0.6) is 0 Å². The number of rotatable bonds is 6. The molecule has 3 N–H and O–H groups in total. The predicted octanol–water partition coefficient (Wildman–Crippen LogP) is 2.05. The number of amides is 2. The third-order valence-electron chi connectivity index (χ3n) is 4.37. The lowest BCUT2D eigenvalue weighted by Crippen LogP contribution is -2.45. The number of nitrogens with zero attached hydrogens (tertiary/aromatic N) is 1. The molecule has 1 aliphatic rings. The summed E-state index contributed by atoms with van der Waals surface area (Å²) in [7, 11) is 1.39. The second kappa shape index (κ2) is 10.3. The first-order chi connectivity index (χ1) is 13.9. The van der Waals surface area contributed by atoms with Gasteiger partial charge in [-0.2, -0.15) is 0 Å². The lowest BCUT2D eigenvalue weighted by molar-refractivity contribution is -0.136. The molecule has 1 atom stereocenters. The van der Waals surface area contributed by atoms with Crippen LogP contribution in [0.25, 0.3) is 0 Å². The summed E-state index contributed by atoms with van der Waals surface area (Å²) < 4.78 is 13.7. The van der Waals surface area contributed by atoms with Gasteiger partial charge in [0.05, 0.1) is 6.54 Å². The van der Waals surface area contributed by atoms with Crippen molar-refractivity contribution in [3.05, 3.63) is 65.0 Å². The molecule has 0 saturated heterocycles. The number of aldehydes is 1. The predicted molar refractivity (Wildman–Crippen MR) is 106 cm³/mol. The van der Waals surface area contributed by atoms with Crippen molar-refractivity contribution < 1.29 is 23.9 Å². The molecule has 1 unspecified atom stereocenters. The summed E-state index contributed by atoms with van der Waals surface area (Å²) in [5, 5.41) is 15.5. The highest BCUT2D eigenvalue weighted by molar-refractivity contribution is 6.02. The number of carbonyl (C=O) groups is 3. The van der Waals surface area contributed by atoms with E-state index in [0.717, 1.165) is 11.2 Å². The number of aliphatic hydroxyl groups is 1. The first kappa shape index (κ1) is 22.0. The highest BCUT2D eigenvalue weighted by atomic mass is 19.1. The van der Waals surface area contributed by atoms with E-state index in [4.69, 9.17) is 0 Å². The first-order valence-corrected chi connectivity index (χ1v) is 9.18. The van der Waals surface area contributed by atoms with Crippen LogP contribution in [0.2, 0.25) is 0 Å². The molecule has 29 heavy (non-hydrogen) atoms. The Balaban J connectivity index is 0.000000687. The summed E-state index contributed by atoms with van der Waals surface area (Å²) in [4.78, 5) is 34.3. The monoisotopic (exact) mass is 401 g/mol. The summed E-state index contributed by atoms with van der Waals surface area (Å²) in [5.74, 6) is -1.38. The van der Waals surface area contributed by atoms with Crippen LogP contribution < -0.4 is 10.6 Å². The zero-order valence-corrected chi connectivity index (χ0v) is 16.3. The maximum atomic E-state index is 13.7. The van der Waals surface area contributed by atoms with Crippen molar-refractivity contribution in [2.75, 3.05) is 12.4 Å². The quantitative estimate of drug-likeness (QED) is 0.644. The number of likely N-dealkylation sites (N-methyl/N-ethyl adjacent to an activating group) is 1. The Bertz CT molecular complexity index is 888. The molecular weight excluding hydrogens is 377 g/mol. The molecule has 0 radical (unpaired) electrons. The van der Waals surface area contributed by atoms with Crippen molar-refractivity contribution in [2.24, 2.45) is 0 Å². The zero-order valence-electron chi connectivity index (χ0n) is 16.3. The fourth-order valence-corrected chi connectivity index (χ4v) is 2.82. The van der Waals surface area contributed by atoms with Crippen LogP contribution in [0.15, 0.2) is 42.5 Å². The van der Waals surface area contributed by atoms with Gasteiger partial charge in [0.15, 0.2) is 0 Å². The van der Waals surface area contributed by atoms with E-state index in [2.05, 4.69) is 10.6 Å². The smallest absolute Gasteiger partial charge is 0.269 e. The maximum absolute atomic E-state index is 13.7. The average Bonchev–Trinajstić information content (AvgIpc) is 3.09. The Kier molecular flexibility index (Phi) is 7.85. The maximum Gasteiger partial charge on any atom is 0.269 e. The van der Waals surface area contributed by atoms with E-state index in [9.17, 15) is 23.9 Å². The Labute approximate surface area is 168 Å². The van der Waals surface area contributed by atoms with E-state index in [0.29, 0.717) is 28.8 Å². The fourth-order valence-electron chi connectivity index (χ4n) is 2.82. The number of hydrogen-bond donors (Lipinski definition) is 3. The molecule has 3 rings (SSSR count). The number of aliphatic hydroxyl groups excluding tert-OH is 1. The molecule has 0 saturated carbocycles. The normalized spacial score (nSPS) is 13.1. The average molecular weight is 401 g/mol. The molecule has 0 spiro atoms. The van der Waals surface area contributed by atoms with Crippen molar-refractivity contribution in [2.45, 2.75) is 32.7 Å². The number of fused-ring (bicyclic) bond motifs is 1. The minimum atomic E-state index is -1.55. The first-order valence-electron chi connectivity index (χ1n) is 9.18. The third-order valence-corrected chi connectivity index (χ3v) is 4.37. The van der Waals surface area contributed by atoms with Gasteiger partial charge < -0.3 is 25.4 Å². The van der Waals surface area contributed by atoms with Crippen LogP contribution in [0, 0.1) is 5.82 Å². The van der Waals surface area contributed by atoms with Crippen LogP contribution in [0.1, 0.15) is 34.8 Å². The SMILES string of the molecule is CCC=O.CNC(=O)C(O)N1Cc2c(NCc3ccccc3F)cccc2C1=O. The fraction of sp³-hybridized carbons (Fsp3) is 0.286. The molecule has 2 amide bonds. The van der Waals surface area contributed by atoms with Crippen LogP contribution >= 0.6 is 0 Å². The van der Waals surface area contributed by atoms with Gasteiger partial charge in [0.2, 0.25) is 6.23 Å². The van der Waals surface area contributed by atoms with Crippen molar-refractivity contribution in [1.82, 2.24) is 10.2 Å². The van der Waals surface area contributed by atoms with E-state index in [1.54, 1.807) is 36.4 Å². The number of benzene rings is 2. The van der Waals surface area contributed by atoms with Crippen molar-refractivity contribution in [3.63, 3.8) is 0 Å². The largest absolute Gasteiger partial charge is 0.381 e. The number of halogens is 1. The Hall–Kier alpha value is -3.26. The highest BCUT2D eigenvalue weighted by Crippen LogP contribution is 2.30. The second-order valence-corrected chi connectivity index (χ2v) is 6.27. The van der Waals surface area contributed by atoms with Crippen LogP contribution in [0.4, 0.5) is 10.1 Å². The standard InChI is InChI=1S/C18H18FN3O3.C3H6O/c1-20-16(23)18(25)22-10-13-12(17(22)24)6-4-8-15(13)21-9-11-5-2-3-7-14(11)19;1-2-3-4/h2-8,18,21,25H,9-10H2,1H3,(H,20,23);3H,2H2,1H3. The lowest BCUT2D eigenvalue weighted by atomic mass is 10.1. The van der Waals surface area contributed by atoms with Gasteiger partial charge in [0.1, 0.15) is 12.1 Å². The van der Waals surface area contributed by atoms with Crippen molar-refractivity contribution in [3.8, 4) is 0 Å². The highest BCUT2D eigenvalue weighted by Gasteiger charge is 2.36. The van der Waals surface area contributed by atoms with Gasteiger partial charge in [-0.05, 0) is 18.2 Å². The van der Waals surface area contributed by atoms with Crippen LogP contribution in [0.3, 0.4) is 0 Å². The molecule has 0 fully saturated rings. The summed E-state index contributed by atoms with van der Waals surface area (Å²) >= 11 is 0. The Morgan fingerprint density at radius 2 is 1.97 bits per heavy atom. The Morgan fingerprint density at radius 1 is 1.28 bits per heavy atom. The summed E-state index contributed by atoms with van der Waals surface area (Å²) in [6.45, 7) is 2.17. The molecule has 1 heterocycles. The number of carbonyl (C=O) groups excluding carboxylic acids is 3. The lowest BCUT2D eigenvalue weighted by Gasteiger charge is -2.21. The number of hydrogen-bond acceptors (Lipinski definition) is 5. The minimum absolute atomic E-state index is 0.100. The summed E-state index contributed by atoms with van der Waals surface area (Å²) in [6.07, 6.45) is -0.0377. The second-order valence-electron chi connectivity index (χ2n) is 6.27. The zero-order chi connectivity index (χ0) is 21.4. The van der Waals surface area contributed by atoms with Gasteiger partial charge in [-0.25, -0.2) is 4.39 Å². The molecule has 2 aromatic carbocycles. The van der Waals surface area contributed by atoms with Gasteiger partial charge in [0, 0.05) is 42.4 Å². The van der Waals surface area contributed by atoms with Gasteiger partial charge >= 0.3 is 0 Å². The molecule has 1 aliphatic heterocycles. The van der Waals surface area contributed by atoms with E-state index in [1.165, 1.54) is 13.1 Å². The van der Waals surface area contributed by atoms with Crippen LogP contribution in [-0.2, 0) is 22.7 Å². The van der Waals surface area contributed by atoms with E-state index in [1.807, 2.05) is 6.92 Å². The van der Waals surface area contributed by atoms with Crippen LogP contribution in [-0.4, -0.2) is 41.4 Å². The molecule has 8 heteroatoms. The number of anilines is 1.